The molecule has 0 bridgehead atoms. The number of carbonyl (C=O) groups excluding carboxylic acids is 1. The first-order valence-electron chi connectivity index (χ1n) is 11.0. The van der Waals surface area contributed by atoms with Gasteiger partial charge in [-0.1, -0.05) is 0 Å². The Kier molecular flexibility index (Phi) is 5.24. The molecule has 2 N–H and O–H groups in total. The van der Waals surface area contributed by atoms with E-state index in [1.807, 2.05) is 30.7 Å². The average molecular weight is 452 g/mol. The molecule has 0 spiro atoms. The number of anilines is 1. The van der Waals surface area contributed by atoms with Crippen molar-refractivity contribution >= 4 is 28.4 Å². The molecule has 1 aliphatic carbocycles. The zero-order valence-electron chi connectivity index (χ0n) is 19.0. The van der Waals surface area contributed by atoms with Crippen molar-refractivity contribution in [2.45, 2.75) is 44.9 Å². The Labute approximate surface area is 190 Å². The molecule has 10 heteroatoms. The summed E-state index contributed by atoms with van der Waals surface area (Å²) < 4.78 is 23.1. The molecule has 2 atom stereocenters. The van der Waals surface area contributed by atoms with Gasteiger partial charge in [-0.05, 0) is 32.8 Å². The van der Waals surface area contributed by atoms with Crippen LogP contribution in [0.5, 0.6) is 0 Å². The maximum atomic E-state index is 14.1. The zero-order chi connectivity index (χ0) is 23.3. The van der Waals surface area contributed by atoms with Gasteiger partial charge >= 0.3 is 0 Å². The van der Waals surface area contributed by atoms with Crippen molar-refractivity contribution in [3.8, 4) is 11.3 Å². The number of nitrogens with one attached hydrogen (secondary N) is 2. The van der Waals surface area contributed by atoms with Gasteiger partial charge in [-0.3, -0.25) is 4.79 Å². The number of pyridine rings is 1. The van der Waals surface area contributed by atoms with E-state index in [0.717, 1.165) is 18.4 Å². The second kappa shape index (κ2) is 8.11. The number of nitrogens with zero attached hydrogens (tertiary/aromatic N) is 5. The Bertz CT molecular complexity index is 1360. The van der Waals surface area contributed by atoms with Gasteiger partial charge < -0.3 is 19.9 Å². The lowest BCUT2D eigenvalue weighted by molar-refractivity contribution is 0.00732. The van der Waals surface area contributed by atoms with Crippen molar-refractivity contribution in [3.63, 3.8) is 0 Å². The highest BCUT2D eigenvalue weighted by atomic mass is 19.1. The lowest BCUT2D eigenvalue weighted by Crippen LogP contribution is -2.51. The molecular weight excluding hydrogens is 425 g/mol. The number of ether oxygens (including phenoxy) is 1. The molecule has 9 nitrogen and oxygen atoms in total. The van der Waals surface area contributed by atoms with Crippen LogP contribution in [0, 0.1) is 5.82 Å². The third kappa shape index (κ3) is 3.50. The number of hydrogen-bond acceptors (Lipinski definition) is 6. The standard InChI is InChI=1S/C23H26FN7O2/c1-12(2)30-11-16(14-7-13(24)9-26-21(14)30)18-8-20(25-3)31-22(28-18)15(10-27-31)23(32)29-17-5-6-19(17)33-4/h7-12,17,19,25H,5-6H2,1-4H3,(H,29,32)/t17-,19-/m1/s1. The molecule has 4 heterocycles. The van der Waals surface area contributed by atoms with E-state index in [4.69, 9.17) is 9.72 Å². The largest absolute Gasteiger partial charge is 0.379 e. The molecule has 5 rings (SSSR count). The highest BCUT2D eigenvalue weighted by Crippen LogP contribution is 2.33. The van der Waals surface area contributed by atoms with Gasteiger partial charge in [0.25, 0.3) is 5.91 Å². The van der Waals surface area contributed by atoms with Crippen LogP contribution in [-0.4, -0.2) is 56.4 Å². The molecule has 0 radical (unpaired) electrons. The highest BCUT2D eigenvalue weighted by molar-refractivity contribution is 6.01. The first-order chi connectivity index (χ1) is 15.9. The third-order valence-electron chi connectivity index (χ3n) is 6.27. The van der Waals surface area contributed by atoms with Crippen molar-refractivity contribution in [1.29, 1.82) is 0 Å². The maximum absolute atomic E-state index is 14.1. The molecule has 4 aromatic heterocycles. The monoisotopic (exact) mass is 451 g/mol. The SMILES string of the molecule is CNc1cc(-c2cn(C(C)C)c3ncc(F)cc23)nc2c(C(=O)N[C@@H]3CC[C@H]3OC)cnn12. The summed E-state index contributed by atoms with van der Waals surface area (Å²) in [5, 5.41) is 11.2. The molecule has 33 heavy (non-hydrogen) atoms. The average Bonchev–Trinajstić information content (AvgIpc) is 3.37. The zero-order valence-corrected chi connectivity index (χ0v) is 19.0. The van der Waals surface area contributed by atoms with Crippen LogP contribution in [0.15, 0.2) is 30.7 Å². The van der Waals surface area contributed by atoms with Crippen LogP contribution in [0.25, 0.3) is 27.9 Å². The number of methoxy groups -OCH3 is 1. The summed E-state index contributed by atoms with van der Waals surface area (Å²) >= 11 is 0. The summed E-state index contributed by atoms with van der Waals surface area (Å²) in [6.45, 7) is 4.08. The van der Waals surface area contributed by atoms with E-state index in [1.165, 1.54) is 18.5 Å². The molecule has 0 aliphatic heterocycles. The molecule has 1 saturated carbocycles. The van der Waals surface area contributed by atoms with Crippen LogP contribution >= 0.6 is 0 Å². The molecule has 1 fully saturated rings. The number of fused-ring (bicyclic) bond motifs is 2. The van der Waals surface area contributed by atoms with Gasteiger partial charge in [-0.15, -0.1) is 0 Å². The fourth-order valence-electron chi connectivity index (χ4n) is 4.31. The normalized spacial score (nSPS) is 18.1. The van der Waals surface area contributed by atoms with Gasteiger partial charge in [-0.2, -0.15) is 9.61 Å². The quantitative estimate of drug-likeness (QED) is 0.466. The van der Waals surface area contributed by atoms with E-state index >= 15 is 0 Å². The van der Waals surface area contributed by atoms with Gasteiger partial charge in [0.2, 0.25) is 0 Å². The van der Waals surface area contributed by atoms with Crippen LogP contribution in [0.2, 0.25) is 0 Å². The predicted octanol–water partition coefficient (Wildman–Crippen LogP) is 3.41. The van der Waals surface area contributed by atoms with E-state index in [2.05, 4.69) is 20.7 Å². The summed E-state index contributed by atoms with van der Waals surface area (Å²) in [4.78, 5) is 22.1. The topological polar surface area (TPSA) is 98.4 Å². The van der Waals surface area contributed by atoms with Crippen molar-refractivity contribution in [2.24, 2.45) is 0 Å². The fraction of sp³-hybridized carbons (Fsp3) is 0.391. The summed E-state index contributed by atoms with van der Waals surface area (Å²) in [6, 6.07) is 3.40. The molecule has 4 aromatic rings. The fourth-order valence-corrected chi connectivity index (χ4v) is 4.31. The molecule has 0 aromatic carbocycles. The van der Waals surface area contributed by atoms with E-state index in [-0.39, 0.29) is 24.1 Å². The van der Waals surface area contributed by atoms with E-state index in [1.54, 1.807) is 18.7 Å². The Hall–Kier alpha value is -3.53. The first kappa shape index (κ1) is 21.3. The van der Waals surface area contributed by atoms with Gasteiger partial charge in [0.1, 0.15) is 22.8 Å². The number of carbonyl (C=O) groups is 1. The van der Waals surface area contributed by atoms with E-state index in [9.17, 15) is 9.18 Å². The number of amides is 1. The van der Waals surface area contributed by atoms with Gasteiger partial charge in [0.15, 0.2) is 5.65 Å². The summed E-state index contributed by atoms with van der Waals surface area (Å²) in [6.07, 6.45) is 6.48. The number of hydrogen-bond donors (Lipinski definition) is 2. The molecule has 0 unspecified atom stereocenters. The minimum atomic E-state index is -0.419. The maximum Gasteiger partial charge on any atom is 0.257 e. The van der Waals surface area contributed by atoms with Crippen molar-refractivity contribution in [1.82, 2.24) is 29.5 Å². The van der Waals surface area contributed by atoms with Crippen LogP contribution in [0.1, 0.15) is 43.1 Å². The predicted molar refractivity (Wildman–Crippen MR) is 123 cm³/mol. The Morgan fingerprint density at radius 3 is 2.73 bits per heavy atom. The van der Waals surface area contributed by atoms with Crippen molar-refractivity contribution < 1.29 is 13.9 Å². The molecule has 1 amide bonds. The van der Waals surface area contributed by atoms with Crippen molar-refractivity contribution in [2.75, 3.05) is 19.5 Å². The van der Waals surface area contributed by atoms with E-state index < -0.39 is 5.82 Å². The summed E-state index contributed by atoms with van der Waals surface area (Å²) in [5.41, 5.74) is 2.79. The minimum Gasteiger partial charge on any atom is -0.379 e. The number of rotatable bonds is 6. The molecule has 172 valence electrons. The lowest BCUT2D eigenvalue weighted by atomic mass is 9.89. The van der Waals surface area contributed by atoms with Crippen LogP contribution < -0.4 is 10.6 Å². The number of aromatic nitrogens is 5. The van der Waals surface area contributed by atoms with Crippen LogP contribution in [-0.2, 0) is 4.74 Å². The van der Waals surface area contributed by atoms with Crippen LogP contribution in [0.4, 0.5) is 10.2 Å². The molecule has 1 aliphatic rings. The Morgan fingerprint density at radius 1 is 1.24 bits per heavy atom. The summed E-state index contributed by atoms with van der Waals surface area (Å²) in [7, 11) is 3.42. The number of halogens is 1. The Balaban J connectivity index is 1.64. The second-order valence-electron chi connectivity index (χ2n) is 8.57. The van der Waals surface area contributed by atoms with Gasteiger partial charge in [0, 0.05) is 43.4 Å². The molecule has 0 saturated heterocycles. The second-order valence-corrected chi connectivity index (χ2v) is 8.57. The summed E-state index contributed by atoms with van der Waals surface area (Å²) in [5.74, 6) is -0.0131. The first-order valence-corrected chi connectivity index (χ1v) is 11.0. The van der Waals surface area contributed by atoms with Gasteiger partial charge in [0.05, 0.1) is 30.2 Å². The molecular formula is C23H26FN7O2. The Morgan fingerprint density at radius 2 is 2.06 bits per heavy atom. The minimum absolute atomic E-state index is 0.0248. The van der Waals surface area contributed by atoms with Crippen LogP contribution in [0.3, 0.4) is 0 Å². The third-order valence-corrected chi connectivity index (χ3v) is 6.27. The van der Waals surface area contributed by atoms with Gasteiger partial charge in [-0.25, -0.2) is 14.4 Å². The smallest absolute Gasteiger partial charge is 0.257 e. The lowest BCUT2D eigenvalue weighted by Gasteiger charge is -2.35. The van der Waals surface area contributed by atoms with E-state index in [0.29, 0.717) is 33.8 Å². The van der Waals surface area contributed by atoms with Crippen molar-refractivity contribution in [3.05, 3.63) is 42.1 Å². The highest BCUT2D eigenvalue weighted by Gasteiger charge is 2.33.